The van der Waals surface area contributed by atoms with Gasteiger partial charge in [0, 0.05) is 6.04 Å². The van der Waals surface area contributed by atoms with E-state index in [1.165, 1.54) is 12.8 Å². The summed E-state index contributed by atoms with van der Waals surface area (Å²) in [6.07, 6.45) is 8.06. The molecule has 2 aromatic rings. The van der Waals surface area contributed by atoms with Gasteiger partial charge in [0.15, 0.2) is 5.82 Å². The first kappa shape index (κ1) is 16.1. The molecule has 2 aliphatic carbocycles. The number of carbonyl (C=O) groups excluding carboxylic acids is 1. The minimum Gasteiger partial charge on any atom is -0.497 e. The molecule has 25 heavy (non-hydrogen) atoms. The lowest BCUT2D eigenvalue weighted by molar-refractivity contribution is -0.126. The number of nitrogens with zero attached hydrogens (tertiary/aromatic N) is 3. The minimum atomic E-state index is -0.434. The minimum absolute atomic E-state index is 0.0977. The fourth-order valence-corrected chi connectivity index (χ4v) is 3.91. The van der Waals surface area contributed by atoms with Crippen LogP contribution in [0.5, 0.6) is 5.75 Å². The number of carbonyl (C=O) groups is 1. The van der Waals surface area contributed by atoms with E-state index in [1.54, 1.807) is 13.4 Å². The van der Waals surface area contributed by atoms with Crippen LogP contribution in [-0.4, -0.2) is 27.8 Å². The van der Waals surface area contributed by atoms with E-state index in [1.807, 2.05) is 24.3 Å². The standard InChI is InChI=1S/C19H24N4O2/c1-25-16-8-4-14(5-9-16)19(10-2-3-11-19)18(24)20-12-17-22-21-13-23(17)15-6-7-15/h4-5,8-9,13,15H,2-3,6-7,10-12H2,1H3,(H,20,24). The third-order valence-electron chi connectivity index (χ3n) is 5.53. The van der Waals surface area contributed by atoms with E-state index in [0.29, 0.717) is 12.6 Å². The summed E-state index contributed by atoms with van der Waals surface area (Å²) in [7, 11) is 1.66. The number of nitrogens with one attached hydrogen (secondary N) is 1. The molecule has 4 rings (SSSR count). The molecule has 0 bridgehead atoms. The zero-order valence-corrected chi connectivity index (χ0v) is 14.6. The second-order valence-electron chi connectivity index (χ2n) is 7.09. The highest BCUT2D eigenvalue weighted by Crippen LogP contribution is 2.42. The van der Waals surface area contributed by atoms with Gasteiger partial charge in [-0.15, -0.1) is 10.2 Å². The van der Waals surface area contributed by atoms with E-state index in [2.05, 4.69) is 20.1 Å². The lowest BCUT2D eigenvalue weighted by Gasteiger charge is -2.28. The monoisotopic (exact) mass is 340 g/mol. The number of hydrogen-bond acceptors (Lipinski definition) is 4. The van der Waals surface area contributed by atoms with Crippen molar-refractivity contribution in [1.82, 2.24) is 20.1 Å². The van der Waals surface area contributed by atoms with Crippen molar-refractivity contribution in [2.45, 2.75) is 56.5 Å². The van der Waals surface area contributed by atoms with E-state index in [9.17, 15) is 4.79 Å². The second-order valence-corrected chi connectivity index (χ2v) is 7.09. The SMILES string of the molecule is COc1ccc(C2(C(=O)NCc3nncn3C3CC3)CCCC2)cc1. The first-order valence-electron chi connectivity index (χ1n) is 9.04. The highest BCUT2D eigenvalue weighted by molar-refractivity contribution is 5.88. The first-order chi connectivity index (χ1) is 12.2. The predicted octanol–water partition coefficient (Wildman–Crippen LogP) is 2.75. The Labute approximate surface area is 147 Å². The Morgan fingerprint density at radius 1 is 1.28 bits per heavy atom. The zero-order valence-electron chi connectivity index (χ0n) is 14.6. The van der Waals surface area contributed by atoms with E-state index < -0.39 is 5.41 Å². The van der Waals surface area contributed by atoms with Crippen LogP contribution in [0.4, 0.5) is 0 Å². The summed E-state index contributed by atoms with van der Waals surface area (Å²) in [5.74, 6) is 1.76. The average Bonchev–Trinajstić information content (AvgIpc) is 3.19. The van der Waals surface area contributed by atoms with Crippen LogP contribution in [0.3, 0.4) is 0 Å². The molecule has 132 valence electrons. The molecule has 1 heterocycles. The summed E-state index contributed by atoms with van der Waals surface area (Å²) in [6, 6.07) is 8.44. The molecule has 1 N–H and O–H groups in total. The third-order valence-corrected chi connectivity index (χ3v) is 5.53. The topological polar surface area (TPSA) is 69.0 Å². The van der Waals surface area contributed by atoms with E-state index in [4.69, 9.17) is 4.74 Å². The lowest BCUT2D eigenvalue weighted by atomic mass is 9.78. The highest BCUT2D eigenvalue weighted by atomic mass is 16.5. The van der Waals surface area contributed by atoms with Gasteiger partial charge in [-0.05, 0) is 43.4 Å². The molecule has 0 radical (unpaired) electrons. The van der Waals surface area contributed by atoms with Crippen molar-refractivity contribution in [2.24, 2.45) is 0 Å². The Hall–Kier alpha value is -2.37. The Bertz CT molecular complexity index is 743. The van der Waals surface area contributed by atoms with Gasteiger partial charge in [0.2, 0.25) is 5.91 Å². The van der Waals surface area contributed by atoms with Crippen LogP contribution in [-0.2, 0) is 16.8 Å². The summed E-state index contributed by atoms with van der Waals surface area (Å²) in [4.78, 5) is 13.1. The smallest absolute Gasteiger partial charge is 0.231 e. The van der Waals surface area contributed by atoms with Crippen LogP contribution in [0, 0.1) is 0 Å². The maximum Gasteiger partial charge on any atom is 0.231 e. The van der Waals surface area contributed by atoms with E-state index in [-0.39, 0.29) is 5.91 Å². The number of ether oxygens (including phenoxy) is 1. The van der Waals surface area contributed by atoms with Crippen molar-refractivity contribution in [1.29, 1.82) is 0 Å². The van der Waals surface area contributed by atoms with Crippen LogP contribution < -0.4 is 10.1 Å². The molecule has 0 aliphatic heterocycles. The van der Waals surface area contributed by atoms with Crippen LogP contribution in [0.1, 0.15) is 56.0 Å². The van der Waals surface area contributed by atoms with Crippen LogP contribution in [0.25, 0.3) is 0 Å². The molecule has 2 fully saturated rings. The fourth-order valence-electron chi connectivity index (χ4n) is 3.91. The van der Waals surface area contributed by atoms with Gasteiger partial charge >= 0.3 is 0 Å². The molecule has 6 nitrogen and oxygen atoms in total. The van der Waals surface area contributed by atoms with Crippen molar-refractivity contribution in [3.63, 3.8) is 0 Å². The number of aromatic nitrogens is 3. The van der Waals surface area contributed by atoms with Gasteiger partial charge in [0.25, 0.3) is 0 Å². The molecular formula is C19H24N4O2. The van der Waals surface area contributed by atoms with Gasteiger partial charge in [0.1, 0.15) is 12.1 Å². The van der Waals surface area contributed by atoms with Gasteiger partial charge in [-0.25, -0.2) is 0 Å². The molecule has 2 saturated carbocycles. The molecule has 0 unspecified atom stereocenters. The predicted molar refractivity (Wildman–Crippen MR) is 93.3 cm³/mol. The maximum absolute atomic E-state index is 13.1. The van der Waals surface area contributed by atoms with Crippen LogP contribution in [0.15, 0.2) is 30.6 Å². The highest BCUT2D eigenvalue weighted by Gasteiger charge is 2.42. The summed E-state index contributed by atoms with van der Waals surface area (Å²) < 4.78 is 7.34. The van der Waals surface area contributed by atoms with Crippen LogP contribution in [0.2, 0.25) is 0 Å². The Kier molecular flexibility index (Phi) is 4.19. The first-order valence-corrected chi connectivity index (χ1v) is 9.04. The lowest BCUT2D eigenvalue weighted by Crippen LogP contribution is -2.42. The second kappa shape index (κ2) is 6.50. The van der Waals surface area contributed by atoms with Gasteiger partial charge in [-0.3, -0.25) is 4.79 Å². The number of amides is 1. The molecule has 0 spiro atoms. The number of methoxy groups -OCH3 is 1. The number of benzene rings is 1. The quantitative estimate of drug-likeness (QED) is 0.878. The third kappa shape index (κ3) is 3.01. The van der Waals surface area contributed by atoms with Crippen molar-refractivity contribution in [2.75, 3.05) is 7.11 Å². The largest absolute Gasteiger partial charge is 0.497 e. The molecule has 6 heteroatoms. The molecule has 1 amide bonds. The molecular weight excluding hydrogens is 316 g/mol. The molecule has 0 saturated heterocycles. The van der Waals surface area contributed by atoms with Gasteiger partial charge in [-0.1, -0.05) is 25.0 Å². The van der Waals surface area contributed by atoms with E-state index in [0.717, 1.165) is 42.8 Å². The normalized spacial score (nSPS) is 18.9. The Balaban J connectivity index is 1.51. The Morgan fingerprint density at radius 3 is 2.64 bits per heavy atom. The van der Waals surface area contributed by atoms with Crippen molar-refractivity contribution < 1.29 is 9.53 Å². The average molecular weight is 340 g/mol. The molecule has 1 aromatic carbocycles. The van der Waals surface area contributed by atoms with Crippen molar-refractivity contribution in [3.05, 3.63) is 42.0 Å². The van der Waals surface area contributed by atoms with Crippen molar-refractivity contribution in [3.8, 4) is 5.75 Å². The zero-order chi connectivity index (χ0) is 17.3. The summed E-state index contributed by atoms with van der Waals surface area (Å²) in [6.45, 7) is 0.438. The van der Waals surface area contributed by atoms with Crippen molar-refractivity contribution >= 4 is 5.91 Å². The van der Waals surface area contributed by atoms with Gasteiger partial charge < -0.3 is 14.6 Å². The van der Waals surface area contributed by atoms with Gasteiger partial charge in [0.05, 0.1) is 19.1 Å². The van der Waals surface area contributed by atoms with E-state index >= 15 is 0 Å². The number of hydrogen-bond donors (Lipinski definition) is 1. The molecule has 2 aliphatic rings. The summed E-state index contributed by atoms with van der Waals surface area (Å²) in [5, 5.41) is 11.3. The molecule has 0 atom stereocenters. The number of rotatable bonds is 6. The summed E-state index contributed by atoms with van der Waals surface area (Å²) in [5.41, 5.74) is 0.642. The Morgan fingerprint density at radius 2 is 2.00 bits per heavy atom. The maximum atomic E-state index is 13.1. The fraction of sp³-hybridized carbons (Fsp3) is 0.526. The molecule has 1 aromatic heterocycles. The summed E-state index contributed by atoms with van der Waals surface area (Å²) >= 11 is 0. The van der Waals surface area contributed by atoms with Crippen LogP contribution >= 0.6 is 0 Å². The van der Waals surface area contributed by atoms with Gasteiger partial charge in [-0.2, -0.15) is 0 Å².